The van der Waals surface area contributed by atoms with Crippen LogP contribution in [0.5, 0.6) is 0 Å². The Morgan fingerprint density at radius 2 is 2.37 bits per heavy atom. The third-order valence-electron chi connectivity index (χ3n) is 3.03. The van der Waals surface area contributed by atoms with E-state index in [4.69, 9.17) is 9.15 Å². The fourth-order valence-corrected chi connectivity index (χ4v) is 1.96. The van der Waals surface area contributed by atoms with Crippen molar-refractivity contribution >= 4 is 5.97 Å². The molecule has 0 saturated heterocycles. The van der Waals surface area contributed by atoms with Crippen LogP contribution < -0.4 is 0 Å². The monoisotopic (exact) mass is 261 g/mol. The van der Waals surface area contributed by atoms with Crippen LogP contribution >= 0.6 is 0 Å². The third kappa shape index (κ3) is 2.25. The Labute approximate surface area is 110 Å². The molecular formula is C13H15N3O3. The first kappa shape index (κ1) is 12.0. The molecule has 1 aliphatic rings. The largest absolute Gasteiger partial charge is 0.460 e. The van der Waals surface area contributed by atoms with E-state index in [2.05, 4.69) is 10.1 Å². The highest BCUT2D eigenvalue weighted by molar-refractivity contribution is 5.88. The van der Waals surface area contributed by atoms with Gasteiger partial charge in [-0.3, -0.25) is 4.68 Å². The van der Waals surface area contributed by atoms with Gasteiger partial charge in [-0.05, 0) is 19.8 Å². The molecule has 0 N–H and O–H groups in total. The average Bonchev–Trinajstić information content (AvgIpc) is 2.98. The maximum absolute atomic E-state index is 11.9. The fraction of sp³-hybridized carbons (Fsp3) is 0.462. The predicted molar refractivity (Wildman–Crippen MR) is 66.6 cm³/mol. The normalized spacial score (nSPS) is 14.6. The summed E-state index contributed by atoms with van der Waals surface area (Å²) >= 11 is 0. The maximum atomic E-state index is 11.9. The van der Waals surface area contributed by atoms with Gasteiger partial charge in [0.1, 0.15) is 0 Å². The lowest BCUT2D eigenvalue weighted by molar-refractivity contribution is 0.0489. The van der Waals surface area contributed by atoms with Crippen LogP contribution in [0.3, 0.4) is 0 Å². The summed E-state index contributed by atoms with van der Waals surface area (Å²) in [7, 11) is 1.82. The van der Waals surface area contributed by atoms with Crippen molar-refractivity contribution in [1.29, 1.82) is 0 Å². The second kappa shape index (κ2) is 4.53. The van der Waals surface area contributed by atoms with E-state index in [1.807, 2.05) is 7.05 Å². The van der Waals surface area contributed by atoms with Gasteiger partial charge in [-0.1, -0.05) is 0 Å². The number of aryl methyl sites for hydroxylation is 1. The molecule has 1 saturated carbocycles. The lowest BCUT2D eigenvalue weighted by Crippen LogP contribution is -2.05. The van der Waals surface area contributed by atoms with Crippen LogP contribution in [0.15, 0.2) is 16.8 Å². The van der Waals surface area contributed by atoms with Crippen LogP contribution in [0.25, 0.3) is 11.5 Å². The van der Waals surface area contributed by atoms with Crippen LogP contribution in [0.4, 0.5) is 0 Å². The zero-order valence-electron chi connectivity index (χ0n) is 10.9. The first-order chi connectivity index (χ1) is 9.19. The van der Waals surface area contributed by atoms with E-state index in [0.29, 0.717) is 18.4 Å². The van der Waals surface area contributed by atoms with E-state index in [9.17, 15) is 4.79 Å². The summed E-state index contributed by atoms with van der Waals surface area (Å²) in [4.78, 5) is 16.3. The molecule has 0 aromatic carbocycles. The molecule has 0 unspecified atom stereocenters. The molecule has 1 aliphatic carbocycles. The standard InChI is InChI=1S/C13H15N3O3/c1-3-18-13(17)11-10(8-4-5-8)15-12(19-11)9-6-14-16(2)7-9/h6-8H,3-5H2,1-2H3. The predicted octanol–water partition coefficient (Wildman–Crippen LogP) is 2.13. The first-order valence-corrected chi connectivity index (χ1v) is 6.36. The van der Waals surface area contributed by atoms with Crippen molar-refractivity contribution in [1.82, 2.24) is 14.8 Å². The lowest BCUT2D eigenvalue weighted by Gasteiger charge is -1.98. The summed E-state index contributed by atoms with van der Waals surface area (Å²) in [6, 6.07) is 0. The summed E-state index contributed by atoms with van der Waals surface area (Å²) < 4.78 is 12.3. The van der Waals surface area contributed by atoms with E-state index in [1.54, 1.807) is 24.0 Å². The summed E-state index contributed by atoms with van der Waals surface area (Å²) in [5, 5.41) is 4.07. The Balaban J connectivity index is 1.98. The van der Waals surface area contributed by atoms with Gasteiger partial charge in [0.2, 0.25) is 11.7 Å². The Bertz CT molecular complexity index is 610. The molecule has 0 amide bonds. The SMILES string of the molecule is CCOC(=O)c1oc(-c2cnn(C)c2)nc1C1CC1. The molecule has 0 radical (unpaired) electrons. The molecule has 0 atom stereocenters. The van der Waals surface area contributed by atoms with Gasteiger partial charge >= 0.3 is 5.97 Å². The zero-order chi connectivity index (χ0) is 13.4. The summed E-state index contributed by atoms with van der Waals surface area (Å²) in [5.74, 6) is 0.557. The second-order valence-corrected chi connectivity index (χ2v) is 4.63. The maximum Gasteiger partial charge on any atom is 0.376 e. The zero-order valence-corrected chi connectivity index (χ0v) is 10.9. The lowest BCUT2D eigenvalue weighted by atomic mass is 10.2. The molecule has 2 aromatic rings. The molecule has 0 bridgehead atoms. The van der Waals surface area contributed by atoms with Crippen molar-refractivity contribution in [2.45, 2.75) is 25.7 Å². The number of aromatic nitrogens is 3. The molecule has 2 heterocycles. The number of hydrogen-bond acceptors (Lipinski definition) is 5. The first-order valence-electron chi connectivity index (χ1n) is 6.36. The van der Waals surface area contributed by atoms with Gasteiger partial charge < -0.3 is 9.15 Å². The number of nitrogens with zero attached hydrogens (tertiary/aromatic N) is 3. The van der Waals surface area contributed by atoms with Crippen molar-refractivity contribution < 1.29 is 13.9 Å². The Kier molecular flexibility index (Phi) is 2.85. The van der Waals surface area contributed by atoms with Crippen molar-refractivity contribution in [2.24, 2.45) is 7.05 Å². The molecule has 0 spiro atoms. The molecule has 3 rings (SSSR count). The smallest absolute Gasteiger partial charge is 0.376 e. The number of carbonyl (C=O) groups is 1. The van der Waals surface area contributed by atoms with Crippen molar-refractivity contribution in [2.75, 3.05) is 6.61 Å². The number of hydrogen-bond donors (Lipinski definition) is 0. The van der Waals surface area contributed by atoms with Gasteiger partial charge in [-0.2, -0.15) is 5.10 Å². The molecule has 0 aliphatic heterocycles. The number of esters is 1. The number of rotatable bonds is 4. The van der Waals surface area contributed by atoms with Crippen LogP contribution in [0.1, 0.15) is 41.9 Å². The number of carbonyl (C=O) groups excluding carboxylic acids is 1. The summed E-state index contributed by atoms with van der Waals surface area (Å²) in [6.07, 6.45) is 5.56. The van der Waals surface area contributed by atoms with Crippen LogP contribution in [-0.4, -0.2) is 27.3 Å². The van der Waals surface area contributed by atoms with Gasteiger partial charge in [-0.25, -0.2) is 9.78 Å². The Morgan fingerprint density at radius 1 is 1.58 bits per heavy atom. The second-order valence-electron chi connectivity index (χ2n) is 4.63. The van der Waals surface area contributed by atoms with Crippen LogP contribution in [0, 0.1) is 0 Å². The van der Waals surface area contributed by atoms with E-state index in [0.717, 1.165) is 24.1 Å². The van der Waals surface area contributed by atoms with Crippen molar-refractivity contribution in [3.63, 3.8) is 0 Å². The van der Waals surface area contributed by atoms with Gasteiger partial charge in [0.15, 0.2) is 0 Å². The van der Waals surface area contributed by atoms with E-state index < -0.39 is 5.97 Å². The van der Waals surface area contributed by atoms with Gasteiger partial charge in [0.05, 0.1) is 24.1 Å². The Morgan fingerprint density at radius 3 is 2.95 bits per heavy atom. The van der Waals surface area contributed by atoms with Crippen LogP contribution in [0.2, 0.25) is 0 Å². The van der Waals surface area contributed by atoms with Gasteiger partial charge in [0, 0.05) is 19.2 Å². The molecule has 100 valence electrons. The van der Waals surface area contributed by atoms with E-state index in [1.165, 1.54) is 0 Å². The van der Waals surface area contributed by atoms with E-state index >= 15 is 0 Å². The molecular weight excluding hydrogens is 246 g/mol. The highest BCUT2D eigenvalue weighted by Gasteiger charge is 2.34. The van der Waals surface area contributed by atoms with Crippen molar-refractivity contribution in [3.05, 3.63) is 23.8 Å². The quantitative estimate of drug-likeness (QED) is 0.788. The molecule has 19 heavy (non-hydrogen) atoms. The number of ether oxygens (including phenoxy) is 1. The topological polar surface area (TPSA) is 70.2 Å². The third-order valence-corrected chi connectivity index (χ3v) is 3.03. The minimum absolute atomic E-state index is 0.239. The minimum Gasteiger partial charge on any atom is -0.460 e. The number of oxazole rings is 1. The fourth-order valence-electron chi connectivity index (χ4n) is 1.96. The molecule has 6 heteroatoms. The highest BCUT2D eigenvalue weighted by Crippen LogP contribution is 2.42. The van der Waals surface area contributed by atoms with Crippen LogP contribution in [-0.2, 0) is 11.8 Å². The molecule has 1 fully saturated rings. The van der Waals surface area contributed by atoms with E-state index in [-0.39, 0.29) is 5.76 Å². The molecule has 2 aromatic heterocycles. The van der Waals surface area contributed by atoms with Gasteiger partial charge in [-0.15, -0.1) is 0 Å². The summed E-state index contributed by atoms with van der Waals surface area (Å²) in [6.45, 7) is 2.10. The summed E-state index contributed by atoms with van der Waals surface area (Å²) in [5.41, 5.74) is 1.48. The van der Waals surface area contributed by atoms with Gasteiger partial charge in [0.25, 0.3) is 0 Å². The minimum atomic E-state index is -0.438. The molecule has 6 nitrogen and oxygen atoms in total. The Hall–Kier alpha value is -2.11. The van der Waals surface area contributed by atoms with Crippen molar-refractivity contribution in [3.8, 4) is 11.5 Å². The highest BCUT2D eigenvalue weighted by atomic mass is 16.5. The average molecular weight is 261 g/mol.